The van der Waals surface area contributed by atoms with E-state index < -0.39 is 0 Å². The van der Waals surface area contributed by atoms with Crippen molar-refractivity contribution >= 4 is 11.4 Å². The summed E-state index contributed by atoms with van der Waals surface area (Å²) in [7, 11) is 4.66. The number of rotatable bonds is 3. The second kappa shape index (κ2) is 7.87. The SMILES string of the molecule is COc1cc(N)cc(OC)c1OC.Cc1cc(O)ccc1N. The van der Waals surface area contributed by atoms with Gasteiger partial charge in [0.15, 0.2) is 11.5 Å². The van der Waals surface area contributed by atoms with Crippen molar-refractivity contribution in [3.8, 4) is 23.0 Å². The van der Waals surface area contributed by atoms with Crippen LogP contribution < -0.4 is 25.7 Å². The van der Waals surface area contributed by atoms with Crippen molar-refractivity contribution in [3.63, 3.8) is 0 Å². The molecule has 2 aromatic carbocycles. The van der Waals surface area contributed by atoms with E-state index >= 15 is 0 Å². The van der Waals surface area contributed by atoms with Crippen molar-refractivity contribution in [1.29, 1.82) is 0 Å². The topological polar surface area (TPSA) is 100.0 Å². The minimum absolute atomic E-state index is 0.265. The van der Waals surface area contributed by atoms with Gasteiger partial charge in [-0.05, 0) is 30.7 Å². The maximum Gasteiger partial charge on any atom is 0.203 e. The average molecular weight is 306 g/mol. The molecule has 0 aromatic heterocycles. The number of phenols is 1. The summed E-state index contributed by atoms with van der Waals surface area (Å²) in [6.07, 6.45) is 0. The number of nitrogens with two attached hydrogens (primary N) is 2. The van der Waals surface area contributed by atoms with E-state index in [0.717, 1.165) is 5.56 Å². The zero-order valence-electron chi connectivity index (χ0n) is 13.2. The Kier molecular flexibility index (Phi) is 6.19. The highest BCUT2D eigenvalue weighted by Gasteiger charge is 2.11. The van der Waals surface area contributed by atoms with Gasteiger partial charge >= 0.3 is 0 Å². The Morgan fingerprint density at radius 3 is 1.77 bits per heavy atom. The molecule has 120 valence electrons. The van der Waals surface area contributed by atoms with Gasteiger partial charge in [0.25, 0.3) is 0 Å². The Morgan fingerprint density at radius 1 is 0.864 bits per heavy atom. The first kappa shape index (κ1) is 17.3. The van der Waals surface area contributed by atoms with E-state index in [-0.39, 0.29) is 5.75 Å². The van der Waals surface area contributed by atoms with Crippen LogP contribution in [0.3, 0.4) is 0 Å². The van der Waals surface area contributed by atoms with Crippen molar-refractivity contribution < 1.29 is 19.3 Å². The molecule has 0 saturated heterocycles. The van der Waals surface area contributed by atoms with E-state index in [1.54, 1.807) is 51.7 Å². The molecule has 0 radical (unpaired) electrons. The van der Waals surface area contributed by atoms with E-state index in [2.05, 4.69) is 0 Å². The molecule has 2 aromatic rings. The highest BCUT2D eigenvalue weighted by Crippen LogP contribution is 2.38. The normalized spacial score (nSPS) is 9.45. The Hall–Kier alpha value is -2.76. The second-order valence-electron chi connectivity index (χ2n) is 4.50. The van der Waals surface area contributed by atoms with Crippen LogP contribution in [0.2, 0.25) is 0 Å². The summed E-state index contributed by atoms with van der Waals surface area (Å²) in [5.41, 5.74) is 13.3. The lowest BCUT2D eigenvalue weighted by atomic mass is 10.2. The molecule has 0 aliphatic carbocycles. The highest BCUT2D eigenvalue weighted by molar-refractivity contribution is 5.60. The van der Waals surface area contributed by atoms with Crippen LogP contribution >= 0.6 is 0 Å². The van der Waals surface area contributed by atoms with Crippen LogP contribution in [0, 0.1) is 6.92 Å². The number of methoxy groups -OCH3 is 3. The molecule has 0 bridgehead atoms. The van der Waals surface area contributed by atoms with Crippen LogP contribution in [0.25, 0.3) is 0 Å². The maximum atomic E-state index is 8.88. The van der Waals surface area contributed by atoms with Gasteiger partial charge in [0.2, 0.25) is 5.75 Å². The maximum absolute atomic E-state index is 8.88. The third-order valence-electron chi connectivity index (χ3n) is 2.94. The third kappa shape index (κ3) is 4.37. The predicted molar refractivity (Wildman–Crippen MR) is 87.8 cm³/mol. The molecule has 0 aliphatic heterocycles. The fourth-order valence-electron chi connectivity index (χ4n) is 1.76. The number of phenolic OH excluding ortho intramolecular Hbond substituents is 1. The zero-order valence-corrected chi connectivity index (χ0v) is 13.2. The van der Waals surface area contributed by atoms with Crippen molar-refractivity contribution in [3.05, 3.63) is 35.9 Å². The standard InChI is InChI=1S/C9H13NO3.C7H9NO/c1-11-7-4-6(10)5-8(12-2)9(7)13-3;1-5-4-6(9)2-3-7(5)8/h4-5H,10H2,1-3H3;2-4,9H,8H2,1H3. The molecule has 0 unspecified atom stereocenters. The van der Waals surface area contributed by atoms with Gasteiger partial charge in [-0.3, -0.25) is 0 Å². The Labute approximate surface area is 130 Å². The van der Waals surface area contributed by atoms with E-state index in [1.807, 2.05) is 6.92 Å². The molecule has 0 atom stereocenters. The Bertz CT molecular complexity index is 605. The molecular formula is C16H22N2O4. The molecule has 5 N–H and O–H groups in total. The first-order valence-electron chi connectivity index (χ1n) is 6.53. The monoisotopic (exact) mass is 306 g/mol. The van der Waals surface area contributed by atoms with Gasteiger partial charge in [-0.1, -0.05) is 0 Å². The molecule has 0 amide bonds. The summed E-state index contributed by atoms with van der Waals surface area (Å²) >= 11 is 0. The second-order valence-corrected chi connectivity index (χ2v) is 4.50. The number of aromatic hydroxyl groups is 1. The minimum Gasteiger partial charge on any atom is -0.508 e. The number of hydrogen-bond donors (Lipinski definition) is 3. The summed E-state index contributed by atoms with van der Waals surface area (Å²) < 4.78 is 15.3. The van der Waals surface area contributed by atoms with Gasteiger partial charge in [-0.25, -0.2) is 0 Å². The summed E-state index contributed by atoms with van der Waals surface area (Å²) in [4.78, 5) is 0. The van der Waals surface area contributed by atoms with Gasteiger partial charge in [-0.15, -0.1) is 0 Å². The molecular weight excluding hydrogens is 284 g/mol. The van der Waals surface area contributed by atoms with Gasteiger partial charge < -0.3 is 30.8 Å². The lowest BCUT2D eigenvalue weighted by Crippen LogP contribution is -1.96. The minimum atomic E-state index is 0.265. The molecule has 6 heteroatoms. The molecule has 0 heterocycles. The van der Waals surface area contributed by atoms with E-state index in [0.29, 0.717) is 28.6 Å². The number of nitrogen functional groups attached to an aromatic ring is 2. The van der Waals surface area contributed by atoms with E-state index in [9.17, 15) is 0 Å². The van der Waals surface area contributed by atoms with Gasteiger partial charge in [0, 0.05) is 23.5 Å². The van der Waals surface area contributed by atoms with Crippen molar-refractivity contribution in [2.24, 2.45) is 0 Å². The van der Waals surface area contributed by atoms with Crippen molar-refractivity contribution in [2.45, 2.75) is 6.92 Å². The summed E-state index contributed by atoms with van der Waals surface area (Å²) in [6, 6.07) is 8.25. The summed E-state index contributed by atoms with van der Waals surface area (Å²) in [5, 5.41) is 8.88. The van der Waals surface area contributed by atoms with Gasteiger partial charge in [0.05, 0.1) is 21.3 Å². The van der Waals surface area contributed by atoms with Crippen LogP contribution in [0.5, 0.6) is 23.0 Å². The Balaban J connectivity index is 0.000000235. The highest BCUT2D eigenvalue weighted by atomic mass is 16.5. The molecule has 2 rings (SSSR count). The molecule has 0 aliphatic rings. The molecule has 0 fully saturated rings. The summed E-state index contributed by atoms with van der Waals surface area (Å²) in [6.45, 7) is 1.86. The first-order chi connectivity index (χ1) is 10.4. The molecule has 6 nitrogen and oxygen atoms in total. The van der Waals surface area contributed by atoms with Crippen LogP contribution in [0.15, 0.2) is 30.3 Å². The van der Waals surface area contributed by atoms with Crippen molar-refractivity contribution in [2.75, 3.05) is 32.8 Å². The number of ether oxygens (including phenoxy) is 3. The van der Waals surface area contributed by atoms with Crippen LogP contribution in [0.4, 0.5) is 11.4 Å². The first-order valence-corrected chi connectivity index (χ1v) is 6.53. The number of anilines is 2. The Morgan fingerprint density at radius 2 is 1.41 bits per heavy atom. The average Bonchev–Trinajstić information content (AvgIpc) is 2.50. The van der Waals surface area contributed by atoms with Gasteiger partial charge in [0.1, 0.15) is 5.75 Å². The lowest BCUT2D eigenvalue weighted by Gasteiger charge is -2.12. The molecule has 22 heavy (non-hydrogen) atoms. The smallest absolute Gasteiger partial charge is 0.203 e. The van der Waals surface area contributed by atoms with Crippen LogP contribution in [-0.2, 0) is 0 Å². The third-order valence-corrected chi connectivity index (χ3v) is 2.94. The molecule has 0 spiro atoms. The zero-order chi connectivity index (χ0) is 16.7. The van der Waals surface area contributed by atoms with Crippen LogP contribution in [0.1, 0.15) is 5.56 Å². The lowest BCUT2D eigenvalue weighted by molar-refractivity contribution is 0.325. The molecule has 0 saturated carbocycles. The fraction of sp³-hybridized carbons (Fsp3) is 0.250. The van der Waals surface area contributed by atoms with E-state index in [4.69, 9.17) is 30.8 Å². The predicted octanol–water partition coefficient (Wildman–Crippen LogP) is 2.58. The van der Waals surface area contributed by atoms with Gasteiger partial charge in [-0.2, -0.15) is 0 Å². The number of hydrogen-bond acceptors (Lipinski definition) is 6. The van der Waals surface area contributed by atoms with Crippen LogP contribution in [-0.4, -0.2) is 26.4 Å². The van der Waals surface area contributed by atoms with E-state index in [1.165, 1.54) is 0 Å². The largest absolute Gasteiger partial charge is 0.508 e. The number of benzene rings is 2. The number of aryl methyl sites for hydroxylation is 1. The fourth-order valence-corrected chi connectivity index (χ4v) is 1.76. The van der Waals surface area contributed by atoms with Crippen molar-refractivity contribution in [1.82, 2.24) is 0 Å². The summed E-state index contributed by atoms with van der Waals surface area (Å²) in [5.74, 6) is 1.96. The quantitative estimate of drug-likeness (QED) is 0.595.